The topological polar surface area (TPSA) is 82.4 Å². The summed E-state index contributed by atoms with van der Waals surface area (Å²) in [4.78, 5) is 26.4. The van der Waals surface area contributed by atoms with Crippen LogP contribution in [0, 0.1) is 6.92 Å². The number of thiazole rings is 1. The molecule has 138 valence electrons. The summed E-state index contributed by atoms with van der Waals surface area (Å²) in [5.74, 6) is -0.601. The zero-order valence-corrected chi connectivity index (χ0v) is 16.3. The molecule has 1 aromatic carbocycles. The number of rotatable bonds is 7. The van der Waals surface area contributed by atoms with Crippen molar-refractivity contribution in [2.45, 2.75) is 20.5 Å². The first-order valence-electron chi connectivity index (χ1n) is 7.54. The lowest BCUT2D eigenvalue weighted by atomic mass is 9.99. The largest absolute Gasteiger partial charge is 0.464 e. The minimum Gasteiger partial charge on any atom is -0.464 e. The Morgan fingerprint density at radius 1 is 1.31 bits per heavy atom. The summed E-state index contributed by atoms with van der Waals surface area (Å²) in [5.41, 5.74) is 2.90. The number of hydrogen-bond donors (Lipinski definition) is 0. The predicted molar refractivity (Wildman–Crippen MR) is 101 cm³/mol. The number of aromatic nitrogens is 1. The highest BCUT2D eigenvalue weighted by Crippen LogP contribution is 2.20. The van der Waals surface area contributed by atoms with Crippen LogP contribution in [0.3, 0.4) is 0 Å². The molecular formula is C17H18ClN3O4S. The molecule has 0 amide bonds. The average Bonchev–Trinajstić information content (AvgIpc) is 3.07. The second kappa shape index (κ2) is 9.30. The van der Waals surface area contributed by atoms with Crippen LogP contribution >= 0.6 is 22.9 Å². The number of esters is 1. The van der Waals surface area contributed by atoms with Crippen LogP contribution in [-0.4, -0.2) is 36.6 Å². The van der Waals surface area contributed by atoms with Gasteiger partial charge in [0.1, 0.15) is 28.8 Å². The van der Waals surface area contributed by atoms with Gasteiger partial charge in [-0.2, -0.15) is 0 Å². The second-order valence-electron chi connectivity index (χ2n) is 5.13. The lowest BCUT2D eigenvalue weighted by Crippen LogP contribution is -2.20. The average molecular weight is 396 g/mol. The number of carbonyl (C=O) groups is 1. The zero-order valence-electron chi connectivity index (χ0n) is 14.8. The van der Waals surface area contributed by atoms with E-state index in [0.29, 0.717) is 20.6 Å². The number of aryl methyl sites for hydroxylation is 1. The van der Waals surface area contributed by atoms with E-state index in [-0.39, 0.29) is 12.3 Å². The van der Waals surface area contributed by atoms with Gasteiger partial charge >= 0.3 is 5.97 Å². The number of nitrogens with zero attached hydrogens (tertiary/aromatic N) is 3. The summed E-state index contributed by atoms with van der Waals surface area (Å²) in [5, 5.41) is 8.54. The summed E-state index contributed by atoms with van der Waals surface area (Å²) in [7, 11) is 2.65. The summed E-state index contributed by atoms with van der Waals surface area (Å²) in [6, 6.07) is 5.47. The third-order valence-corrected chi connectivity index (χ3v) is 4.65. The minimum absolute atomic E-state index is 0.0599. The van der Waals surface area contributed by atoms with Gasteiger partial charge in [-0.3, -0.25) is 0 Å². The highest BCUT2D eigenvalue weighted by Gasteiger charge is 2.20. The summed E-state index contributed by atoms with van der Waals surface area (Å²) in [6.07, 6.45) is 1.56. The van der Waals surface area contributed by atoms with E-state index in [4.69, 9.17) is 26.0 Å². The standard InChI is InChI=1S/C17H18ClN3O4S/c1-10-6-5-7-12(15(21-24-4)17(22)23-3)13(10)9-25-20-11(2)16-19-8-14(18)26-16/h5-8H,9H2,1-4H3/b20-11+,21-15+. The van der Waals surface area contributed by atoms with Crippen LogP contribution in [0.25, 0.3) is 0 Å². The van der Waals surface area contributed by atoms with Crippen molar-refractivity contribution in [1.29, 1.82) is 0 Å². The quantitative estimate of drug-likeness (QED) is 0.406. The first-order chi connectivity index (χ1) is 12.5. The highest BCUT2D eigenvalue weighted by molar-refractivity contribution is 7.17. The molecule has 26 heavy (non-hydrogen) atoms. The van der Waals surface area contributed by atoms with E-state index in [1.165, 1.54) is 25.6 Å². The van der Waals surface area contributed by atoms with E-state index in [1.807, 2.05) is 19.1 Å². The molecule has 0 atom stereocenters. The Balaban J connectivity index is 2.26. The molecule has 0 spiro atoms. The van der Waals surface area contributed by atoms with Crippen molar-refractivity contribution in [3.8, 4) is 0 Å². The Hall–Kier alpha value is -2.45. The van der Waals surface area contributed by atoms with Crippen molar-refractivity contribution in [3.63, 3.8) is 0 Å². The van der Waals surface area contributed by atoms with Crippen LogP contribution in [0.2, 0.25) is 4.34 Å². The molecule has 9 heteroatoms. The number of benzene rings is 1. The SMILES string of the molecule is CO/N=C(/C(=O)OC)c1cccc(C)c1CO/N=C(\C)c1ncc(Cl)s1. The Kier molecular flexibility index (Phi) is 7.11. The smallest absolute Gasteiger partial charge is 0.360 e. The Morgan fingerprint density at radius 3 is 2.69 bits per heavy atom. The lowest BCUT2D eigenvalue weighted by molar-refractivity contribution is -0.132. The summed E-state index contributed by atoms with van der Waals surface area (Å²) < 4.78 is 5.36. The van der Waals surface area contributed by atoms with Crippen molar-refractivity contribution < 1.29 is 19.2 Å². The normalized spacial score (nSPS) is 12.0. The van der Waals surface area contributed by atoms with Crippen molar-refractivity contribution in [3.05, 3.63) is 50.4 Å². The van der Waals surface area contributed by atoms with Crippen LogP contribution in [0.15, 0.2) is 34.7 Å². The van der Waals surface area contributed by atoms with Crippen LogP contribution in [-0.2, 0) is 25.8 Å². The molecule has 0 aliphatic rings. The molecule has 0 radical (unpaired) electrons. The van der Waals surface area contributed by atoms with Crippen LogP contribution < -0.4 is 0 Å². The van der Waals surface area contributed by atoms with Crippen molar-refractivity contribution in [1.82, 2.24) is 4.98 Å². The zero-order chi connectivity index (χ0) is 19.1. The fourth-order valence-corrected chi connectivity index (χ4v) is 3.00. The van der Waals surface area contributed by atoms with Gasteiger partial charge in [-0.25, -0.2) is 9.78 Å². The molecule has 7 nitrogen and oxygen atoms in total. The lowest BCUT2D eigenvalue weighted by Gasteiger charge is -2.12. The molecule has 0 saturated carbocycles. The predicted octanol–water partition coefficient (Wildman–Crippen LogP) is 3.57. The maximum atomic E-state index is 12.0. The molecule has 2 rings (SSSR count). The van der Waals surface area contributed by atoms with Gasteiger partial charge in [0.05, 0.1) is 13.3 Å². The highest BCUT2D eigenvalue weighted by atomic mass is 35.5. The monoisotopic (exact) mass is 395 g/mol. The molecule has 0 unspecified atom stereocenters. The van der Waals surface area contributed by atoms with E-state index in [0.717, 1.165) is 11.1 Å². The van der Waals surface area contributed by atoms with E-state index in [2.05, 4.69) is 15.3 Å². The van der Waals surface area contributed by atoms with Crippen molar-refractivity contribution in [2.24, 2.45) is 10.3 Å². The van der Waals surface area contributed by atoms with Gasteiger partial charge in [-0.15, -0.1) is 11.3 Å². The number of methoxy groups -OCH3 is 1. The molecule has 0 fully saturated rings. The van der Waals surface area contributed by atoms with Crippen LogP contribution in [0.5, 0.6) is 0 Å². The van der Waals surface area contributed by atoms with Crippen molar-refractivity contribution >= 4 is 40.3 Å². The van der Waals surface area contributed by atoms with Gasteiger partial charge in [0.15, 0.2) is 5.71 Å². The fraction of sp³-hybridized carbons (Fsp3) is 0.294. The summed E-state index contributed by atoms with van der Waals surface area (Å²) >= 11 is 7.19. The van der Waals surface area contributed by atoms with Gasteiger partial charge < -0.3 is 14.4 Å². The third kappa shape index (κ3) is 4.80. The van der Waals surface area contributed by atoms with Gasteiger partial charge in [0.2, 0.25) is 0 Å². The van der Waals surface area contributed by atoms with E-state index < -0.39 is 5.97 Å². The number of oxime groups is 2. The molecular weight excluding hydrogens is 378 g/mol. The minimum atomic E-state index is -0.601. The molecule has 2 aromatic rings. The summed E-state index contributed by atoms with van der Waals surface area (Å²) in [6.45, 7) is 3.82. The molecule has 1 aromatic heterocycles. The van der Waals surface area contributed by atoms with Crippen LogP contribution in [0.4, 0.5) is 0 Å². The molecule has 0 aliphatic heterocycles. The molecule has 0 saturated heterocycles. The van der Waals surface area contributed by atoms with Gasteiger partial charge in [0, 0.05) is 11.1 Å². The fourth-order valence-electron chi connectivity index (χ4n) is 2.15. The Labute approximate surface area is 160 Å². The number of halogens is 1. The van der Waals surface area contributed by atoms with Gasteiger partial charge in [-0.1, -0.05) is 40.1 Å². The van der Waals surface area contributed by atoms with Gasteiger partial charge in [0.25, 0.3) is 0 Å². The van der Waals surface area contributed by atoms with Crippen molar-refractivity contribution in [2.75, 3.05) is 14.2 Å². The maximum Gasteiger partial charge on any atom is 0.360 e. The molecule has 0 aliphatic carbocycles. The number of hydrogen-bond acceptors (Lipinski definition) is 8. The van der Waals surface area contributed by atoms with Gasteiger partial charge in [-0.05, 0) is 19.4 Å². The Bertz CT molecular complexity index is 848. The number of ether oxygens (including phenoxy) is 1. The van der Waals surface area contributed by atoms with E-state index in [1.54, 1.807) is 19.2 Å². The third-order valence-electron chi connectivity index (χ3n) is 3.42. The molecule has 0 bridgehead atoms. The van der Waals surface area contributed by atoms with Crippen LogP contribution in [0.1, 0.15) is 28.6 Å². The van der Waals surface area contributed by atoms with E-state index in [9.17, 15) is 4.79 Å². The first-order valence-corrected chi connectivity index (χ1v) is 8.74. The Morgan fingerprint density at radius 2 is 2.08 bits per heavy atom. The first kappa shape index (κ1) is 19.9. The maximum absolute atomic E-state index is 12.0. The molecule has 0 N–H and O–H groups in total. The second-order valence-corrected chi connectivity index (χ2v) is 6.80. The van der Waals surface area contributed by atoms with E-state index >= 15 is 0 Å². The molecule has 1 heterocycles. The number of carbonyl (C=O) groups excluding carboxylic acids is 1.